The van der Waals surface area contributed by atoms with Crippen LogP contribution in [0.1, 0.15) is 22.8 Å². The summed E-state index contributed by atoms with van der Waals surface area (Å²) in [5, 5.41) is 0. The van der Waals surface area contributed by atoms with E-state index in [9.17, 15) is 18.8 Å². The first-order valence-corrected chi connectivity index (χ1v) is 8.34. The molecule has 0 radical (unpaired) electrons. The lowest BCUT2D eigenvalue weighted by atomic mass is 10.0. The molecule has 2 aromatic carbocycles. The molecule has 2 aromatic rings. The molecule has 1 aliphatic heterocycles. The van der Waals surface area contributed by atoms with E-state index >= 15 is 0 Å². The standard InChI is InChI=1S/C21H17FN2O4/c1-12-18(21(27)28-2)17(11-13-3-7-15(22)8-4-13)20(26)24(12)16-9-5-14(6-10-16)19(23)25/h3-11H,1-2H3,(H2,23,25). The highest BCUT2D eigenvalue weighted by atomic mass is 19.1. The molecule has 3 rings (SSSR count). The maximum absolute atomic E-state index is 13.2. The van der Waals surface area contributed by atoms with E-state index in [1.807, 2.05) is 0 Å². The Kier molecular flexibility index (Phi) is 5.08. The molecule has 7 heteroatoms. The van der Waals surface area contributed by atoms with Crippen LogP contribution in [-0.4, -0.2) is 24.9 Å². The van der Waals surface area contributed by atoms with Crippen molar-refractivity contribution in [3.8, 4) is 0 Å². The van der Waals surface area contributed by atoms with Crippen molar-refractivity contribution in [1.29, 1.82) is 0 Å². The lowest BCUT2D eigenvalue weighted by Gasteiger charge is -2.18. The van der Waals surface area contributed by atoms with Gasteiger partial charge in [-0.15, -0.1) is 0 Å². The third-order valence-corrected chi connectivity index (χ3v) is 4.38. The minimum Gasteiger partial charge on any atom is -0.465 e. The quantitative estimate of drug-likeness (QED) is 0.652. The predicted octanol–water partition coefficient (Wildman–Crippen LogP) is 2.80. The fourth-order valence-corrected chi connectivity index (χ4v) is 2.99. The van der Waals surface area contributed by atoms with Crippen molar-refractivity contribution in [3.05, 3.63) is 82.3 Å². The molecule has 1 heterocycles. The van der Waals surface area contributed by atoms with Crippen LogP contribution < -0.4 is 10.6 Å². The minimum absolute atomic E-state index is 0.121. The lowest BCUT2D eigenvalue weighted by Crippen LogP contribution is -2.24. The van der Waals surface area contributed by atoms with Gasteiger partial charge in [-0.2, -0.15) is 0 Å². The first-order valence-electron chi connectivity index (χ1n) is 8.34. The van der Waals surface area contributed by atoms with Gasteiger partial charge in [0.1, 0.15) is 5.82 Å². The van der Waals surface area contributed by atoms with Crippen LogP contribution in [0, 0.1) is 5.82 Å². The van der Waals surface area contributed by atoms with Gasteiger partial charge in [0.25, 0.3) is 5.91 Å². The Labute approximate surface area is 160 Å². The Bertz CT molecular complexity index is 1020. The van der Waals surface area contributed by atoms with E-state index in [-0.39, 0.29) is 11.1 Å². The molecule has 0 aliphatic carbocycles. The van der Waals surface area contributed by atoms with E-state index in [4.69, 9.17) is 10.5 Å². The summed E-state index contributed by atoms with van der Waals surface area (Å²) in [6, 6.07) is 11.7. The molecule has 6 nitrogen and oxygen atoms in total. The number of allylic oxidation sites excluding steroid dienone is 1. The molecule has 2 amide bonds. The van der Waals surface area contributed by atoms with Crippen LogP contribution in [0.5, 0.6) is 0 Å². The van der Waals surface area contributed by atoms with E-state index in [0.29, 0.717) is 22.5 Å². The zero-order valence-corrected chi connectivity index (χ0v) is 15.2. The number of anilines is 1. The average molecular weight is 380 g/mol. The number of carbonyl (C=O) groups excluding carboxylic acids is 3. The van der Waals surface area contributed by atoms with E-state index in [0.717, 1.165) is 0 Å². The molecule has 2 N–H and O–H groups in total. The Hall–Kier alpha value is -3.74. The average Bonchev–Trinajstić information content (AvgIpc) is 2.93. The van der Waals surface area contributed by atoms with E-state index < -0.39 is 23.6 Å². The number of nitrogens with two attached hydrogens (primary N) is 1. The normalized spacial score (nSPS) is 15.3. The number of hydrogen-bond acceptors (Lipinski definition) is 4. The van der Waals surface area contributed by atoms with Gasteiger partial charge in [0.05, 0.1) is 18.3 Å². The Morgan fingerprint density at radius 3 is 2.21 bits per heavy atom. The zero-order chi connectivity index (χ0) is 20.4. The van der Waals surface area contributed by atoms with Crippen LogP contribution >= 0.6 is 0 Å². The highest BCUT2D eigenvalue weighted by Gasteiger charge is 2.37. The van der Waals surface area contributed by atoms with Crippen molar-refractivity contribution in [3.63, 3.8) is 0 Å². The number of esters is 1. The smallest absolute Gasteiger partial charge is 0.340 e. The minimum atomic E-state index is -0.657. The number of ether oxygens (including phenoxy) is 1. The van der Waals surface area contributed by atoms with Crippen molar-refractivity contribution in [2.75, 3.05) is 12.0 Å². The third kappa shape index (κ3) is 3.42. The summed E-state index contributed by atoms with van der Waals surface area (Å²) in [7, 11) is 1.23. The zero-order valence-electron chi connectivity index (χ0n) is 15.2. The molecule has 0 spiro atoms. The number of nitrogens with zero attached hydrogens (tertiary/aromatic N) is 1. The highest BCUT2D eigenvalue weighted by molar-refractivity contribution is 6.23. The largest absolute Gasteiger partial charge is 0.465 e. The second-order valence-electron chi connectivity index (χ2n) is 6.11. The summed E-state index contributed by atoms with van der Waals surface area (Å²) < 4.78 is 18.0. The van der Waals surface area contributed by atoms with Crippen molar-refractivity contribution < 1.29 is 23.5 Å². The van der Waals surface area contributed by atoms with Crippen LogP contribution in [0.3, 0.4) is 0 Å². The topological polar surface area (TPSA) is 89.7 Å². The van der Waals surface area contributed by atoms with Gasteiger partial charge in [0, 0.05) is 16.9 Å². The summed E-state index contributed by atoms with van der Waals surface area (Å²) in [4.78, 5) is 38.0. The molecular weight excluding hydrogens is 363 g/mol. The fourth-order valence-electron chi connectivity index (χ4n) is 2.99. The first-order chi connectivity index (χ1) is 13.3. The maximum Gasteiger partial charge on any atom is 0.340 e. The summed E-state index contributed by atoms with van der Waals surface area (Å²) in [5.41, 5.74) is 7.21. The predicted molar refractivity (Wildman–Crippen MR) is 102 cm³/mol. The highest BCUT2D eigenvalue weighted by Crippen LogP contribution is 2.35. The van der Waals surface area contributed by atoms with Crippen molar-refractivity contribution in [2.24, 2.45) is 5.73 Å². The lowest BCUT2D eigenvalue weighted by molar-refractivity contribution is -0.136. The number of carbonyl (C=O) groups is 3. The van der Waals surface area contributed by atoms with Crippen LogP contribution in [0.15, 0.2) is 65.4 Å². The van der Waals surface area contributed by atoms with Crippen LogP contribution in [-0.2, 0) is 14.3 Å². The van der Waals surface area contributed by atoms with Gasteiger partial charge in [-0.3, -0.25) is 14.5 Å². The van der Waals surface area contributed by atoms with Gasteiger partial charge in [-0.05, 0) is 55.0 Å². The number of primary amides is 1. The SMILES string of the molecule is COC(=O)C1=C(C)N(c2ccc(C(N)=O)cc2)C(=O)C1=Cc1ccc(F)cc1. The fraction of sp³-hybridized carbons (Fsp3) is 0.0952. The third-order valence-electron chi connectivity index (χ3n) is 4.38. The van der Waals surface area contributed by atoms with Crippen LogP contribution in [0.4, 0.5) is 10.1 Å². The monoisotopic (exact) mass is 380 g/mol. The molecule has 0 atom stereocenters. The number of halogens is 1. The van der Waals surface area contributed by atoms with Crippen molar-refractivity contribution in [2.45, 2.75) is 6.92 Å². The molecule has 0 saturated carbocycles. The summed E-state index contributed by atoms with van der Waals surface area (Å²) in [6.07, 6.45) is 1.51. The van der Waals surface area contributed by atoms with E-state index in [1.165, 1.54) is 54.5 Å². The first kappa shape index (κ1) is 19.0. The Balaban J connectivity index is 2.09. The number of methoxy groups -OCH3 is 1. The number of amides is 2. The van der Waals surface area contributed by atoms with Gasteiger partial charge in [-0.25, -0.2) is 9.18 Å². The maximum atomic E-state index is 13.2. The van der Waals surface area contributed by atoms with Crippen molar-refractivity contribution in [1.82, 2.24) is 0 Å². The van der Waals surface area contributed by atoms with Crippen LogP contribution in [0.25, 0.3) is 6.08 Å². The van der Waals surface area contributed by atoms with E-state index in [2.05, 4.69) is 0 Å². The number of hydrogen-bond donors (Lipinski definition) is 1. The Morgan fingerprint density at radius 1 is 1.07 bits per heavy atom. The molecule has 1 aliphatic rings. The molecular formula is C21H17FN2O4. The summed E-state index contributed by atoms with van der Waals surface area (Å²) in [6.45, 7) is 1.62. The van der Waals surface area contributed by atoms with Gasteiger partial charge in [0.2, 0.25) is 5.91 Å². The van der Waals surface area contributed by atoms with Gasteiger partial charge in [-0.1, -0.05) is 12.1 Å². The second-order valence-corrected chi connectivity index (χ2v) is 6.11. The summed E-state index contributed by atoms with van der Waals surface area (Å²) in [5.74, 6) is -2.08. The molecule has 28 heavy (non-hydrogen) atoms. The second kappa shape index (κ2) is 7.48. The Morgan fingerprint density at radius 2 is 1.68 bits per heavy atom. The van der Waals surface area contributed by atoms with Crippen LogP contribution in [0.2, 0.25) is 0 Å². The molecule has 0 aromatic heterocycles. The molecule has 0 unspecified atom stereocenters. The number of rotatable bonds is 4. The van der Waals surface area contributed by atoms with E-state index in [1.54, 1.807) is 19.1 Å². The molecule has 0 bridgehead atoms. The summed E-state index contributed by atoms with van der Waals surface area (Å²) >= 11 is 0. The van der Waals surface area contributed by atoms with Gasteiger partial charge >= 0.3 is 5.97 Å². The number of benzene rings is 2. The molecule has 0 saturated heterocycles. The van der Waals surface area contributed by atoms with Gasteiger partial charge in [0.15, 0.2) is 0 Å². The molecule has 142 valence electrons. The molecule has 0 fully saturated rings. The van der Waals surface area contributed by atoms with Gasteiger partial charge < -0.3 is 10.5 Å². The van der Waals surface area contributed by atoms with Crippen molar-refractivity contribution >= 4 is 29.5 Å².